The molecule has 10 heteroatoms. The number of sulfonamides is 1. The van der Waals surface area contributed by atoms with Gasteiger partial charge in [0.25, 0.3) is 0 Å². The quantitative estimate of drug-likeness (QED) is 0.500. The molecule has 1 aliphatic heterocycles. The van der Waals surface area contributed by atoms with E-state index in [4.69, 9.17) is 0 Å². The Morgan fingerprint density at radius 1 is 0.964 bits per heavy atom. The largest absolute Gasteiger partial charge is 0.354 e. The Hall–Kier alpha value is -2.05. The smallest absolute Gasteiger partial charge is 0.243 e. The van der Waals surface area contributed by atoms with E-state index in [2.05, 4.69) is 42.6 Å². The average molecular weight is 510 g/mol. The lowest BCUT2D eigenvalue weighted by atomic mass is 10.3. The van der Waals surface area contributed by atoms with Gasteiger partial charge in [-0.1, -0.05) is 0 Å². The number of hydrogen-bond donors (Lipinski definition) is 0. The molecule has 0 saturated carbocycles. The summed E-state index contributed by atoms with van der Waals surface area (Å²) in [6, 6.07) is 10.7. The second-order valence-corrected chi connectivity index (χ2v) is 9.66. The lowest BCUT2D eigenvalue weighted by Crippen LogP contribution is -2.48. The van der Waals surface area contributed by atoms with Crippen molar-refractivity contribution in [3.05, 3.63) is 58.2 Å². The summed E-state index contributed by atoms with van der Waals surface area (Å²) in [4.78, 5) is 11.0. The minimum atomic E-state index is -3.48. The second-order valence-electron chi connectivity index (χ2n) is 6.48. The Morgan fingerprint density at radius 3 is 2.29 bits per heavy atom. The van der Waals surface area contributed by atoms with Gasteiger partial charge in [-0.15, -0.1) is 0 Å². The Morgan fingerprint density at radius 2 is 1.64 bits per heavy atom. The Bertz CT molecular complexity index is 1080. The summed E-state index contributed by atoms with van der Waals surface area (Å²) >= 11 is 2.16. The normalized spacial score (nSPS) is 15.7. The molecule has 0 atom stereocenters. The molecular weight excluding hydrogens is 491 g/mol. The average Bonchev–Trinajstić information content (AvgIpc) is 3.15. The molecule has 0 N–H and O–H groups in total. The van der Waals surface area contributed by atoms with Crippen LogP contribution in [0.5, 0.6) is 0 Å². The van der Waals surface area contributed by atoms with Gasteiger partial charge in [-0.05, 0) is 59.8 Å². The number of piperazine rings is 1. The minimum Gasteiger partial charge on any atom is -0.354 e. The molecule has 0 amide bonds. The van der Waals surface area contributed by atoms with Gasteiger partial charge in [0.2, 0.25) is 10.0 Å². The van der Waals surface area contributed by atoms with Gasteiger partial charge in [-0.3, -0.25) is 0 Å². The van der Waals surface area contributed by atoms with Gasteiger partial charge < -0.3 is 4.90 Å². The van der Waals surface area contributed by atoms with E-state index in [9.17, 15) is 8.42 Å². The highest BCUT2D eigenvalue weighted by molar-refractivity contribution is 14.1. The highest BCUT2D eigenvalue weighted by atomic mass is 127. The van der Waals surface area contributed by atoms with Gasteiger partial charge in [-0.2, -0.15) is 9.40 Å². The van der Waals surface area contributed by atoms with Crippen LogP contribution in [0.25, 0.3) is 5.82 Å². The summed E-state index contributed by atoms with van der Waals surface area (Å²) < 4.78 is 29.9. The summed E-state index contributed by atoms with van der Waals surface area (Å²) in [5.74, 6) is 1.46. The lowest BCUT2D eigenvalue weighted by Gasteiger charge is -2.34. The van der Waals surface area contributed by atoms with Crippen molar-refractivity contribution in [3.8, 4) is 5.82 Å². The molecule has 2 aromatic heterocycles. The number of halogens is 1. The third-order valence-corrected chi connectivity index (χ3v) is 7.24. The maximum Gasteiger partial charge on any atom is 0.243 e. The number of benzene rings is 1. The monoisotopic (exact) mass is 510 g/mol. The molecule has 0 aliphatic carbocycles. The summed E-state index contributed by atoms with van der Waals surface area (Å²) in [5.41, 5.74) is 0.912. The predicted molar refractivity (Wildman–Crippen MR) is 114 cm³/mol. The molecule has 0 radical (unpaired) electrons. The highest BCUT2D eigenvalue weighted by Crippen LogP contribution is 2.21. The Kier molecular flexibility index (Phi) is 5.34. The molecule has 3 aromatic rings. The van der Waals surface area contributed by atoms with Crippen molar-refractivity contribution in [3.63, 3.8) is 0 Å². The molecule has 146 valence electrons. The van der Waals surface area contributed by atoms with E-state index in [1.54, 1.807) is 16.8 Å². The van der Waals surface area contributed by atoms with Crippen LogP contribution in [0.2, 0.25) is 0 Å². The van der Waals surface area contributed by atoms with Crippen molar-refractivity contribution in [1.82, 2.24) is 24.1 Å². The molecule has 0 unspecified atom stereocenters. The van der Waals surface area contributed by atoms with Gasteiger partial charge in [0.15, 0.2) is 5.82 Å². The lowest BCUT2D eigenvalue weighted by molar-refractivity contribution is 0.383. The first-order chi connectivity index (χ1) is 13.4. The van der Waals surface area contributed by atoms with Gasteiger partial charge in [0, 0.05) is 42.0 Å². The summed E-state index contributed by atoms with van der Waals surface area (Å²) in [5, 5.41) is 4.37. The summed E-state index contributed by atoms with van der Waals surface area (Å²) in [6.07, 6.45) is 3.36. The van der Waals surface area contributed by atoms with Crippen molar-refractivity contribution in [2.75, 3.05) is 31.1 Å². The van der Waals surface area contributed by atoms with Crippen LogP contribution in [0.1, 0.15) is 5.69 Å². The SMILES string of the molecule is Cc1ccn(-c2cc(N3CCN(S(=O)(=O)c4ccc(I)cc4)CC3)ncn2)n1. The molecule has 1 aromatic carbocycles. The third kappa shape index (κ3) is 3.89. The van der Waals surface area contributed by atoms with E-state index in [1.165, 1.54) is 10.6 Å². The molecule has 4 rings (SSSR count). The molecule has 0 bridgehead atoms. The summed E-state index contributed by atoms with van der Waals surface area (Å²) in [6.45, 7) is 3.88. The number of anilines is 1. The highest BCUT2D eigenvalue weighted by Gasteiger charge is 2.29. The van der Waals surface area contributed by atoms with E-state index < -0.39 is 10.0 Å². The first-order valence-corrected chi connectivity index (χ1v) is 11.3. The topological polar surface area (TPSA) is 84.2 Å². The molecule has 0 spiro atoms. The number of aryl methyl sites for hydroxylation is 1. The molecular formula is C18H19IN6O2S. The zero-order chi connectivity index (χ0) is 19.7. The van der Waals surface area contributed by atoms with Gasteiger partial charge >= 0.3 is 0 Å². The minimum absolute atomic E-state index is 0.333. The number of rotatable bonds is 4. The molecule has 1 fully saturated rings. The zero-order valence-electron chi connectivity index (χ0n) is 15.2. The fourth-order valence-corrected chi connectivity index (χ4v) is 4.87. The molecule has 1 saturated heterocycles. The van der Waals surface area contributed by atoms with Crippen LogP contribution in [0.15, 0.2) is 53.8 Å². The van der Waals surface area contributed by atoms with E-state index in [0.717, 1.165) is 15.1 Å². The number of aromatic nitrogens is 4. The van der Waals surface area contributed by atoms with Crippen molar-refractivity contribution in [1.29, 1.82) is 0 Å². The van der Waals surface area contributed by atoms with Crippen LogP contribution in [0.4, 0.5) is 5.82 Å². The van der Waals surface area contributed by atoms with Crippen LogP contribution >= 0.6 is 22.6 Å². The van der Waals surface area contributed by atoms with Gasteiger partial charge in [0.05, 0.1) is 10.6 Å². The first kappa shape index (κ1) is 19.3. The third-order valence-electron chi connectivity index (χ3n) is 4.61. The summed E-state index contributed by atoms with van der Waals surface area (Å²) in [7, 11) is -3.48. The number of nitrogens with zero attached hydrogens (tertiary/aromatic N) is 6. The maximum atomic E-state index is 12.9. The predicted octanol–water partition coefficient (Wildman–Crippen LogP) is 2.09. The number of hydrogen-bond acceptors (Lipinski definition) is 6. The van der Waals surface area contributed by atoms with Crippen LogP contribution in [-0.2, 0) is 10.0 Å². The van der Waals surface area contributed by atoms with Crippen molar-refractivity contribution in [2.45, 2.75) is 11.8 Å². The van der Waals surface area contributed by atoms with E-state index in [-0.39, 0.29) is 0 Å². The first-order valence-electron chi connectivity index (χ1n) is 8.79. The van der Waals surface area contributed by atoms with Crippen molar-refractivity contribution in [2.24, 2.45) is 0 Å². The zero-order valence-corrected chi connectivity index (χ0v) is 18.2. The van der Waals surface area contributed by atoms with E-state index in [1.807, 2.05) is 37.4 Å². The molecule has 3 heterocycles. The van der Waals surface area contributed by atoms with Gasteiger partial charge in [0.1, 0.15) is 12.1 Å². The van der Waals surface area contributed by atoms with E-state index >= 15 is 0 Å². The van der Waals surface area contributed by atoms with Gasteiger partial charge in [-0.25, -0.2) is 23.1 Å². The molecule has 28 heavy (non-hydrogen) atoms. The molecule has 1 aliphatic rings. The van der Waals surface area contributed by atoms with Crippen molar-refractivity contribution < 1.29 is 8.42 Å². The second kappa shape index (κ2) is 7.76. The van der Waals surface area contributed by atoms with Crippen molar-refractivity contribution >= 4 is 38.4 Å². The molecule has 8 nitrogen and oxygen atoms in total. The standard InChI is InChI=1S/C18H19IN6O2S/c1-14-6-7-25(22-14)18-12-17(20-13-21-18)23-8-10-24(11-9-23)28(26,27)16-4-2-15(19)3-5-16/h2-7,12-13H,8-11H2,1H3. The van der Waals surface area contributed by atoms with Crippen LogP contribution in [0.3, 0.4) is 0 Å². The Balaban J connectivity index is 1.48. The van der Waals surface area contributed by atoms with Crippen LogP contribution in [-0.4, -0.2) is 58.7 Å². The maximum absolute atomic E-state index is 12.9. The van der Waals surface area contributed by atoms with Crippen LogP contribution in [0, 0.1) is 10.5 Å². The van der Waals surface area contributed by atoms with Crippen LogP contribution < -0.4 is 4.90 Å². The Labute approximate surface area is 177 Å². The van der Waals surface area contributed by atoms with E-state index in [0.29, 0.717) is 36.9 Å². The fraction of sp³-hybridized carbons (Fsp3) is 0.278. The fourth-order valence-electron chi connectivity index (χ4n) is 3.09.